The van der Waals surface area contributed by atoms with Crippen molar-refractivity contribution in [1.29, 1.82) is 0 Å². The smallest absolute Gasteiger partial charge is 0.324 e. The SMILES string of the molecule is CCC(N)CCNc1nc(OC)nc(OC)n1. The van der Waals surface area contributed by atoms with Crippen LogP contribution in [0.2, 0.25) is 0 Å². The van der Waals surface area contributed by atoms with Crippen molar-refractivity contribution in [3.05, 3.63) is 0 Å². The minimum absolute atomic E-state index is 0.188. The van der Waals surface area contributed by atoms with Gasteiger partial charge < -0.3 is 20.5 Å². The number of rotatable bonds is 7. The molecule has 0 fully saturated rings. The average Bonchev–Trinajstić information content (AvgIpc) is 2.37. The molecule has 17 heavy (non-hydrogen) atoms. The van der Waals surface area contributed by atoms with Crippen LogP contribution in [0, 0.1) is 0 Å². The molecule has 0 amide bonds. The first-order valence-electron chi connectivity index (χ1n) is 5.53. The summed E-state index contributed by atoms with van der Waals surface area (Å²) in [6.45, 7) is 2.75. The summed E-state index contributed by atoms with van der Waals surface area (Å²) in [6.07, 6.45) is 1.80. The molecule has 96 valence electrons. The molecule has 7 heteroatoms. The van der Waals surface area contributed by atoms with E-state index in [-0.39, 0.29) is 18.1 Å². The summed E-state index contributed by atoms with van der Waals surface area (Å²) in [5.41, 5.74) is 5.81. The number of hydrogen-bond donors (Lipinski definition) is 2. The van der Waals surface area contributed by atoms with Gasteiger partial charge >= 0.3 is 12.0 Å². The quantitative estimate of drug-likeness (QED) is 0.714. The molecule has 0 spiro atoms. The van der Waals surface area contributed by atoms with Gasteiger partial charge in [-0.05, 0) is 12.8 Å². The molecule has 0 saturated heterocycles. The lowest BCUT2D eigenvalue weighted by Gasteiger charge is -2.10. The monoisotopic (exact) mass is 241 g/mol. The van der Waals surface area contributed by atoms with Gasteiger partial charge in [0.25, 0.3) is 0 Å². The molecule has 7 nitrogen and oxygen atoms in total. The van der Waals surface area contributed by atoms with Gasteiger partial charge in [-0.1, -0.05) is 6.92 Å². The molecule has 0 aliphatic heterocycles. The molecule has 1 atom stereocenters. The zero-order valence-electron chi connectivity index (χ0n) is 10.4. The number of nitrogens with zero attached hydrogens (tertiary/aromatic N) is 3. The summed E-state index contributed by atoms with van der Waals surface area (Å²) < 4.78 is 9.88. The number of hydrogen-bond acceptors (Lipinski definition) is 7. The third-order valence-corrected chi connectivity index (χ3v) is 2.28. The summed E-state index contributed by atoms with van der Waals surface area (Å²) in [7, 11) is 2.98. The van der Waals surface area contributed by atoms with Crippen molar-refractivity contribution in [2.45, 2.75) is 25.8 Å². The van der Waals surface area contributed by atoms with Gasteiger partial charge in [0.2, 0.25) is 5.95 Å². The van der Waals surface area contributed by atoms with Crippen LogP contribution in [-0.4, -0.2) is 41.8 Å². The predicted octanol–water partition coefficient (Wildman–Crippen LogP) is 0.428. The second-order valence-electron chi connectivity index (χ2n) is 3.52. The highest BCUT2D eigenvalue weighted by Gasteiger charge is 2.07. The number of aromatic nitrogens is 3. The lowest BCUT2D eigenvalue weighted by molar-refractivity contribution is 0.341. The van der Waals surface area contributed by atoms with Crippen LogP contribution in [0.1, 0.15) is 19.8 Å². The molecule has 1 rings (SSSR count). The number of anilines is 1. The van der Waals surface area contributed by atoms with E-state index in [0.717, 1.165) is 12.8 Å². The number of nitrogens with one attached hydrogen (secondary N) is 1. The fourth-order valence-electron chi connectivity index (χ4n) is 1.17. The molecular formula is C10H19N5O2. The average molecular weight is 241 g/mol. The molecule has 0 aliphatic carbocycles. The van der Waals surface area contributed by atoms with Crippen molar-refractivity contribution in [3.63, 3.8) is 0 Å². The lowest BCUT2D eigenvalue weighted by atomic mass is 10.2. The Morgan fingerprint density at radius 1 is 1.18 bits per heavy atom. The molecular weight excluding hydrogens is 222 g/mol. The van der Waals surface area contributed by atoms with Crippen LogP contribution in [0.5, 0.6) is 12.0 Å². The van der Waals surface area contributed by atoms with E-state index >= 15 is 0 Å². The third-order valence-electron chi connectivity index (χ3n) is 2.28. The van der Waals surface area contributed by atoms with Gasteiger partial charge in [0, 0.05) is 12.6 Å². The van der Waals surface area contributed by atoms with E-state index in [1.165, 1.54) is 14.2 Å². The first-order valence-corrected chi connectivity index (χ1v) is 5.53. The largest absolute Gasteiger partial charge is 0.467 e. The fourth-order valence-corrected chi connectivity index (χ4v) is 1.17. The predicted molar refractivity (Wildman–Crippen MR) is 64.3 cm³/mol. The van der Waals surface area contributed by atoms with Gasteiger partial charge in [-0.15, -0.1) is 4.98 Å². The second-order valence-corrected chi connectivity index (χ2v) is 3.52. The van der Waals surface area contributed by atoms with E-state index in [0.29, 0.717) is 12.5 Å². The van der Waals surface area contributed by atoms with Crippen LogP contribution < -0.4 is 20.5 Å². The maximum Gasteiger partial charge on any atom is 0.324 e. The van der Waals surface area contributed by atoms with Crippen LogP contribution in [0.25, 0.3) is 0 Å². The maximum absolute atomic E-state index is 5.81. The van der Waals surface area contributed by atoms with Crippen molar-refractivity contribution in [2.24, 2.45) is 5.73 Å². The highest BCUT2D eigenvalue weighted by Crippen LogP contribution is 2.11. The van der Waals surface area contributed by atoms with Crippen LogP contribution in [0.15, 0.2) is 0 Å². The molecule has 1 heterocycles. The zero-order valence-corrected chi connectivity index (χ0v) is 10.4. The Hall–Kier alpha value is -1.63. The van der Waals surface area contributed by atoms with Gasteiger partial charge in [-0.3, -0.25) is 0 Å². The van der Waals surface area contributed by atoms with E-state index in [1.54, 1.807) is 0 Å². The van der Waals surface area contributed by atoms with E-state index in [4.69, 9.17) is 15.2 Å². The Morgan fingerprint density at radius 3 is 2.24 bits per heavy atom. The first kappa shape index (κ1) is 13.4. The topological polar surface area (TPSA) is 95.2 Å². The summed E-state index contributed by atoms with van der Waals surface area (Å²) in [5, 5.41) is 3.06. The van der Waals surface area contributed by atoms with Crippen molar-refractivity contribution >= 4 is 5.95 Å². The molecule has 0 aliphatic rings. The molecule has 1 aromatic heterocycles. The summed E-state index contributed by atoms with van der Waals surface area (Å²) in [5.74, 6) is 0.428. The molecule has 0 aromatic carbocycles. The summed E-state index contributed by atoms with van der Waals surface area (Å²) >= 11 is 0. The van der Waals surface area contributed by atoms with Gasteiger partial charge in [0.15, 0.2) is 0 Å². The highest BCUT2D eigenvalue weighted by molar-refractivity contribution is 5.27. The minimum atomic E-state index is 0.188. The van der Waals surface area contributed by atoms with Crippen molar-refractivity contribution in [2.75, 3.05) is 26.1 Å². The zero-order chi connectivity index (χ0) is 12.7. The van der Waals surface area contributed by atoms with Crippen LogP contribution >= 0.6 is 0 Å². The van der Waals surface area contributed by atoms with E-state index in [2.05, 4.69) is 27.2 Å². The summed E-state index contributed by atoms with van der Waals surface area (Å²) in [4.78, 5) is 12.0. The molecule has 3 N–H and O–H groups in total. The second kappa shape index (κ2) is 6.85. The normalized spacial score (nSPS) is 12.0. The van der Waals surface area contributed by atoms with Crippen LogP contribution in [0.3, 0.4) is 0 Å². The van der Waals surface area contributed by atoms with Crippen molar-refractivity contribution in [1.82, 2.24) is 15.0 Å². The Labute approximate surface area is 101 Å². The Balaban J connectivity index is 2.57. The maximum atomic E-state index is 5.81. The molecule has 1 unspecified atom stereocenters. The van der Waals surface area contributed by atoms with Crippen LogP contribution in [-0.2, 0) is 0 Å². The van der Waals surface area contributed by atoms with Gasteiger partial charge in [0.1, 0.15) is 0 Å². The lowest BCUT2D eigenvalue weighted by Crippen LogP contribution is -2.22. The van der Waals surface area contributed by atoms with Crippen molar-refractivity contribution < 1.29 is 9.47 Å². The van der Waals surface area contributed by atoms with E-state index in [9.17, 15) is 0 Å². The third kappa shape index (κ3) is 4.39. The number of nitrogens with two attached hydrogens (primary N) is 1. The van der Waals surface area contributed by atoms with E-state index in [1.807, 2.05) is 0 Å². The molecule has 1 aromatic rings. The van der Waals surface area contributed by atoms with Crippen molar-refractivity contribution in [3.8, 4) is 12.0 Å². The van der Waals surface area contributed by atoms with Gasteiger partial charge in [-0.2, -0.15) is 9.97 Å². The Morgan fingerprint density at radius 2 is 1.76 bits per heavy atom. The standard InChI is InChI=1S/C10H19N5O2/c1-4-7(11)5-6-12-8-13-9(16-2)15-10(14-8)17-3/h7H,4-6,11H2,1-3H3,(H,12,13,14,15). The molecule has 0 bridgehead atoms. The molecule has 0 saturated carbocycles. The van der Waals surface area contributed by atoms with Crippen LogP contribution in [0.4, 0.5) is 5.95 Å². The van der Waals surface area contributed by atoms with E-state index < -0.39 is 0 Å². The first-order chi connectivity index (χ1) is 8.19. The summed E-state index contributed by atoms with van der Waals surface area (Å²) in [6, 6.07) is 0.631. The Bertz CT molecular complexity index is 325. The highest BCUT2D eigenvalue weighted by atomic mass is 16.5. The Kier molecular flexibility index (Phi) is 5.41. The fraction of sp³-hybridized carbons (Fsp3) is 0.700. The number of ether oxygens (including phenoxy) is 2. The van der Waals surface area contributed by atoms with Gasteiger partial charge in [-0.25, -0.2) is 0 Å². The molecule has 0 radical (unpaired) electrons. The number of methoxy groups -OCH3 is 2. The van der Waals surface area contributed by atoms with Gasteiger partial charge in [0.05, 0.1) is 14.2 Å². The minimum Gasteiger partial charge on any atom is -0.467 e.